The number of benzene rings is 3. The second-order valence-corrected chi connectivity index (χ2v) is 8.50. The molecule has 0 unspecified atom stereocenters. The molecule has 1 heterocycles. The average molecular weight is 473 g/mol. The van der Waals surface area contributed by atoms with Gasteiger partial charge in [-0.05, 0) is 60.0 Å². The first kappa shape index (κ1) is 24.0. The molecule has 0 aliphatic rings. The van der Waals surface area contributed by atoms with E-state index in [4.69, 9.17) is 9.84 Å². The summed E-state index contributed by atoms with van der Waals surface area (Å²) < 4.78 is 20.8. The molecule has 7 heteroatoms. The van der Waals surface area contributed by atoms with Crippen LogP contribution < -0.4 is 15.0 Å². The summed E-state index contributed by atoms with van der Waals surface area (Å²) in [4.78, 5) is 14.7. The van der Waals surface area contributed by atoms with Gasteiger partial charge in [0.15, 0.2) is 0 Å². The maximum Gasteiger partial charge on any atom is 0.220 e. The second-order valence-electron chi connectivity index (χ2n) is 8.50. The van der Waals surface area contributed by atoms with E-state index in [9.17, 15) is 9.18 Å². The minimum absolute atomic E-state index is 0.0446. The van der Waals surface area contributed by atoms with Gasteiger partial charge in [0.05, 0.1) is 18.5 Å². The zero-order chi connectivity index (χ0) is 24.8. The third-order valence-corrected chi connectivity index (χ3v) is 5.77. The highest BCUT2D eigenvalue weighted by Crippen LogP contribution is 2.28. The molecule has 4 rings (SSSR count). The van der Waals surface area contributed by atoms with Gasteiger partial charge in [0.1, 0.15) is 11.6 Å². The minimum Gasteiger partial charge on any atom is -0.497 e. The number of halogens is 1. The van der Waals surface area contributed by atoms with Crippen LogP contribution in [0.5, 0.6) is 5.75 Å². The van der Waals surface area contributed by atoms with Gasteiger partial charge in [-0.1, -0.05) is 30.3 Å². The molecule has 35 heavy (non-hydrogen) atoms. The number of carbonyl (C=O) groups excluding carboxylic acids is 1. The van der Waals surface area contributed by atoms with Gasteiger partial charge in [0.2, 0.25) is 5.91 Å². The molecule has 0 aliphatic carbocycles. The number of nitrogens with one attached hydrogen (secondary N) is 1. The third-order valence-electron chi connectivity index (χ3n) is 5.77. The Bertz CT molecular complexity index is 1300. The predicted octanol–water partition coefficient (Wildman–Crippen LogP) is 5.00. The molecule has 6 nitrogen and oxygen atoms in total. The predicted molar refractivity (Wildman–Crippen MR) is 136 cm³/mol. The second kappa shape index (κ2) is 10.9. The lowest BCUT2D eigenvalue weighted by atomic mass is 10.0. The van der Waals surface area contributed by atoms with E-state index in [0.29, 0.717) is 30.8 Å². The van der Waals surface area contributed by atoms with Gasteiger partial charge in [-0.3, -0.25) is 4.79 Å². The van der Waals surface area contributed by atoms with Crippen LogP contribution in [0, 0.1) is 5.82 Å². The summed E-state index contributed by atoms with van der Waals surface area (Å²) in [6.07, 6.45) is 2.66. The fraction of sp³-hybridized carbons (Fsp3) is 0.214. The number of amides is 1. The highest BCUT2D eigenvalue weighted by atomic mass is 19.1. The van der Waals surface area contributed by atoms with Crippen molar-refractivity contribution in [3.05, 3.63) is 95.9 Å². The van der Waals surface area contributed by atoms with Crippen LogP contribution in [0.4, 0.5) is 10.1 Å². The van der Waals surface area contributed by atoms with Gasteiger partial charge >= 0.3 is 0 Å². The van der Waals surface area contributed by atoms with Gasteiger partial charge in [-0.15, -0.1) is 0 Å². The largest absolute Gasteiger partial charge is 0.497 e. The van der Waals surface area contributed by atoms with Crippen molar-refractivity contribution >= 4 is 11.6 Å². The van der Waals surface area contributed by atoms with Crippen molar-refractivity contribution in [2.24, 2.45) is 0 Å². The Morgan fingerprint density at radius 3 is 2.54 bits per heavy atom. The molecule has 0 atom stereocenters. The van der Waals surface area contributed by atoms with Crippen molar-refractivity contribution in [2.75, 3.05) is 26.1 Å². The molecule has 1 N–H and O–H groups in total. The van der Waals surface area contributed by atoms with Crippen molar-refractivity contribution in [1.29, 1.82) is 0 Å². The first-order valence-electron chi connectivity index (χ1n) is 11.4. The molecule has 0 saturated heterocycles. The molecule has 0 aliphatic heterocycles. The van der Waals surface area contributed by atoms with Crippen molar-refractivity contribution in [2.45, 2.75) is 19.4 Å². The molecule has 0 spiro atoms. The molecule has 180 valence electrons. The van der Waals surface area contributed by atoms with Crippen molar-refractivity contribution in [3.8, 4) is 22.7 Å². The van der Waals surface area contributed by atoms with Crippen molar-refractivity contribution in [1.82, 2.24) is 15.1 Å². The molecule has 0 radical (unpaired) electrons. The Morgan fingerprint density at radius 1 is 1.06 bits per heavy atom. The lowest BCUT2D eigenvalue weighted by Gasteiger charge is -2.13. The lowest BCUT2D eigenvalue weighted by molar-refractivity contribution is -0.121. The van der Waals surface area contributed by atoms with Gasteiger partial charge < -0.3 is 15.0 Å². The number of hydrogen-bond donors (Lipinski definition) is 1. The Morgan fingerprint density at radius 2 is 1.83 bits per heavy atom. The molecule has 4 aromatic rings. The Hall–Kier alpha value is -4.13. The quantitative estimate of drug-likeness (QED) is 0.372. The van der Waals surface area contributed by atoms with Crippen LogP contribution in [0.2, 0.25) is 0 Å². The molecule has 1 amide bonds. The Kier molecular flexibility index (Phi) is 7.45. The van der Waals surface area contributed by atoms with Crippen LogP contribution in [0.3, 0.4) is 0 Å². The molecular weight excluding hydrogens is 443 g/mol. The first-order chi connectivity index (χ1) is 16.9. The number of nitrogens with zero attached hydrogens (tertiary/aromatic N) is 3. The maximum atomic E-state index is 13.8. The number of anilines is 1. The van der Waals surface area contributed by atoms with Gasteiger partial charge in [0, 0.05) is 44.5 Å². The number of aryl methyl sites for hydroxylation is 1. The maximum absolute atomic E-state index is 13.8. The van der Waals surface area contributed by atoms with Gasteiger partial charge in [0.25, 0.3) is 0 Å². The third kappa shape index (κ3) is 6.06. The topological polar surface area (TPSA) is 59.4 Å². The minimum atomic E-state index is -0.333. The van der Waals surface area contributed by atoms with Crippen molar-refractivity contribution < 1.29 is 13.9 Å². The van der Waals surface area contributed by atoms with E-state index in [1.54, 1.807) is 23.9 Å². The highest BCUT2D eigenvalue weighted by Gasteiger charge is 2.15. The fourth-order valence-corrected chi connectivity index (χ4v) is 3.81. The smallest absolute Gasteiger partial charge is 0.220 e. The molecular formula is C28H29FN4O2. The normalized spacial score (nSPS) is 10.7. The van der Waals surface area contributed by atoms with Crippen LogP contribution in [0.1, 0.15) is 17.5 Å². The van der Waals surface area contributed by atoms with E-state index < -0.39 is 0 Å². The van der Waals surface area contributed by atoms with E-state index in [0.717, 1.165) is 28.1 Å². The summed E-state index contributed by atoms with van der Waals surface area (Å²) >= 11 is 0. The summed E-state index contributed by atoms with van der Waals surface area (Å²) in [5, 5.41) is 7.71. The Balaban J connectivity index is 1.49. The highest BCUT2D eigenvalue weighted by molar-refractivity contribution is 5.76. The first-order valence-corrected chi connectivity index (χ1v) is 11.4. The van der Waals surface area contributed by atoms with E-state index in [2.05, 4.69) is 5.32 Å². The zero-order valence-corrected chi connectivity index (χ0v) is 20.2. The fourth-order valence-electron chi connectivity index (χ4n) is 3.81. The van der Waals surface area contributed by atoms with E-state index in [-0.39, 0.29) is 11.7 Å². The van der Waals surface area contributed by atoms with Gasteiger partial charge in [-0.25, -0.2) is 9.07 Å². The van der Waals surface area contributed by atoms with Crippen LogP contribution >= 0.6 is 0 Å². The van der Waals surface area contributed by atoms with Crippen LogP contribution in [-0.2, 0) is 17.8 Å². The number of hydrogen-bond acceptors (Lipinski definition) is 4. The summed E-state index contributed by atoms with van der Waals surface area (Å²) in [6, 6.07) is 22.0. The SMILES string of the molecule is COc1cccc(-c2nn(-c3cccc(F)c3)cc2CCC(=O)NCc2ccc(N(C)C)cc2)c1. The number of ether oxygens (including phenoxy) is 1. The average Bonchev–Trinajstić information content (AvgIpc) is 3.31. The summed E-state index contributed by atoms with van der Waals surface area (Å²) in [6.45, 7) is 0.470. The van der Waals surface area contributed by atoms with Crippen molar-refractivity contribution in [3.63, 3.8) is 0 Å². The molecule has 0 bridgehead atoms. The monoisotopic (exact) mass is 472 g/mol. The molecule has 3 aromatic carbocycles. The summed E-state index contributed by atoms with van der Waals surface area (Å²) in [5.74, 6) is 0.337. The van der Waals surface area contributed by atoms with Gasteiger partial charge in [-0.2, -0.15) is 5.10 Å². The molecule has 0 saturated carbocycles. The zero-order valence-electron chi connectivity index (χ0n) is 20.2. The number of rotatable bonds is 9. The number of aromatic nitrogens is 2. The van der Waals surface area contributed by atoms with E-state index in [1.165, 1.54) is 12.1 Å². The molecule has 1 aromatic heterocycles. The summed E-state index contributed by atoms with van der Waals surface area (Å²) in [5.41, 5.74) is 5.27. The van der Waals surface area contributed by atoms with E-state index >= 15 is 0 Å². The van der Waals surface area contributed by atoms with E-state index in [1.807, 2.05) is 73.7 Å². The standard InChI is InChI=1S/C28H29FN4O2/c1-32(2)24-13-10-20(11-14-24)18-30-27(34)15-12-22-19-33(25-8-5-7-23(29)17-25)31-28(22)21-6-4-9-26(16-21)35-3/h4-11,13-14,16-17,19H,12,15,18H2,1-3H3,(H,30,34). The lowest BCUT2D eigenvalue weighted by Crippen LogP contribution is -2.23. The number of methoxy groups -OCH3 is 1. The number of carbonyl (C=O) groups is 1. The Labute approximate surface area is 205 Å². The van der Waals surface area contributed by atoms with Crippen LogP contribution in [0.25, 0.3) is 16.9 Å². The summed E-state index contributed by atoms with van der Waals surface area (Å²) in [7, 11) is 5.60. The van der Waals surface area contributed by atoms with Crippen LogP contribution in [0.15, 0.2) is 79.0 Å². The molecule has 0 fully saturated rings. The van der Waals surface area contributed by atoms with Crippen LogP contribution in [-0.4, -0.2) is 36.9 Å².